The SMILES string of the molecule is CCOC(=O)CSc1nc2cc(C(=O)NCCC3=CCCCC3)ccc2c(=O)n1-c1ccccc1. The van der Waals surface area contributed by atoms with Crippen LogP contribution in [-0.4, -0.2) is 40.3 Å². The Bertz CT molecular complexity index is 1300. The number of aromatic nitrogens is 2. The molecule has 0 unspecified atom stereocenters. The van der Waals surface area contributed by atoms with E-state index in [0.717, 1.165) is 31.0 Å². The van der Waals surface area contributed by atoms with Crippen molar-refractivity contribution in [3.8, 4) is 5.69 Å². The third kappa shape index (κ3) is 6.19. The summed E-state index contributed by atoms with van der Waals surface area (Å²) >= 11 is 1.13. The van der Waals surface area contributed by atoms with Gasteiger partial charge in [0.15, 0.2) is 5.16 Å². The van der Waals surface area contributed by atoms with Gasteiger partial charge in [0.1, 0.15) is 0 Å². The van der Waals surface area contributed by atoms with Crippen molar-refractivity contribution in [2.45, 2.75) is 44.2 Å². The number of allylic oxidation sites excluding steroid dienone is 1. The molecule has 8 heteroatoms. The van der Waals surface area contributed by atoms with Gasteiger partial charge in [-0.25, -0.2) is 4.98 Å². The van der Waals surface area contributed by atoms with Crippen LogP contribution in [0.1, 0.15) is 49.4 Å². The van der Waals surface area contributed by atoms with Crippen molar-refractivity contribution in [1.82, 2.24) is 14.9 Å². The van der Waals surface area contributed by atoms with Crippen molar-refractivity contribution < 1.29 is 14.3 Å². The monoisotopic (exact) mass is 491 g/mol. The quantitative estimate of drug-likeness (QED) is 0.203. The fourth-order valence-corrected chi connectivity index (χ4v) is 4.92. The van der Waals surface area contributed by atoms with Crippen molar-refractivity contribution in [2.75, 3.05) is 18.9 Å². The van der Waals surface area contributed by atoms with Gasteiger partial charge in [-0.2, -0.15) is 0 Å². The molecule has 7 nitrogen and oxygen atoms in total. The Balaban J connectivity index is 1.61. The minimum absolute atomic E-state index is 0.0225. The molecule has 0 spiro atoms. The van der Waals surface area contributed by atoms with E-state index in [1.165, 1.54) is 23.0 Å². The number of thioether (sulfide) groups is 1. The Morgan fingerprint density at radius 2 is 1.97 bits per heavy atom. The second kappa shape index (κ2) is 11.8. The second-order valence-corrected chi connectivity index (χ2v) is 9.25. The lowest BCUT2D eigenvalue weighted by molar-refractivity contribution is -0.139. The van der Waals surface area contributed by atoms with Gasteiger partial charge in [0.2, 0.25) is 0 Å². The average Bonchev–Trinajstić information content (AvgIpc) is 2.88. The Hall–Kier alpha value is -3.39. The minimum Gasteiger partial charge on any atom is -0.465 e. The zero-order chi connectivity index (χ0) is 24.6. The first-order valence-corrected chi connectivity index (χ1v) is 12.9. The van der Waals surface area contributed by atoms with Crippen LogP contribution < -0.4 is 10.9 Å². The number of fused-ring (bicyclic) bond motifs is 1. The van der Waals surface area contributed by atoms with E-state index in [1.54, 1.807) is 25.1 Å². The fraction of sp³-hybridized carbons (Fsp3) is 0.333. The maximum absolute atomic E-state index is 13.4. The predicted octanol–water partition coefficient (Wildman–Crippen LogP) is 4.66. The highest BCUT2D eigenvalue weighted by molar-refractivity contribution is 7.99. The van der Waals surface area contributed by atoms with Crippen LogP contribution in [0.4, 0.5) is 0 Å². The number of hydrogen-bond donors (Lipinski definition) is 1. The number of carbonyl (C=O) groups excluding carboxylic acids is 2. The number of carbonyl (C=O) groups is 2. The van der Waals surface area contributed by atoms with Crippen LogP contribution >= 0.6 is 11.8 Å². The number of benzene rings is 2. The maximum Gasteiger partial charge on any atom is 0.316 e. The molecule has 0 fully saturated rings. The maximum atomic E-state index is 13.4. The molecule has 0 aliphatic heterocycles. The van der Waals surface area contributed by atoms with Crippen LogP contribution in [0, 0.1) is 0 Å². The van der Waals surface area contributed by atoms with E-state index in [1.807, 2.05) is 30.3 Å². The topological polar surface area (TPSA) is 90.3 Å². The van der Waals surface area contributed by atoms with Gasteiger partial charge < -0.3 is 10.1 Å². The zero-order valence-corrected chi connectivity index (χ0v) is 20.6. The molecule has 2 aromatic carbocycles. The van der Waals surface area contributed by atoms with E-state index >= 15 is 0 Å². The number of para-hydroxylation sites is 1. The number of ether oxygens (including phenoxy) is 1. The Labute approximate surface area is 208 Å². The Morgan fingerprint density at radius 3 is 2.71 bits per heavy atom. The van der Waals surface area contributed by atoms with Crippen molar-refractivity contribution in [1.29, 1.82) is 0 Å². The molecule has 0 radical (unpaired) electrons. The van der Waals surface area contributed by atoms with Crippen molar-refractivity contribution in [2.24, 2.45) is 0 Å². The average molecular weight is 492 g/mol. The summed E-state index contributed by atoms with van der Waals surface area (Å²) < 4.78 is 6.52. The number of esters is 1. The van der Waals surface area contributed by atoms with E-state index in [-0.39, 0.29) is 29.8 Å². The molecule has 1 aliphatic carbocycles. The van der Waals surface area contributed by atoms with Crippen molar-refractivity contribution in [3.63, 3.8) is 0 Å². The van der Waals surface area contributed by atoms with Gasteiger partial charge in [-0.05, 0) is 69.4 Å². The van der Waals surface area contributed by atoms with E-state index in [0.29, 0.717) is 33.9 Å². The summed E-state index contributed by atoms with van der Waals surface area (Å²) in [7, 11) is 0. The number of nitrogens with one attached hydrogen (secondary N) is 1. The summed E-state index contributed by atoms with van der Waals surface area (Å²) in [5, 5.41) is 3.74. The Kier molecular flexibility index (Phi) is 8.36. The second-order valence-electron chi connectivity index (χ2n) is 8.31. The summed E-state index contributed by atoms with van der Waals surface area (Å²) in [4.78, 5) is 42.8. The van der Waals surface area contributed by atoms with Crippen molar-refractivity contribution >= 4 is 34.5 Å². The molecule has 4 rings (SSSR count). The van der Waals surface area contributed by atoms with Gasteiger partial charge in [0.05, 0.1) is 29.0 Å². The van der Waals surface area contributed by atoms with Gasteiger partial charge in [0.25, 0.3) is 11.5 Å². The number of hydrogen-bond acceptors (Lipinski definition) is 6. The molecule has 0 bridgehead atoms. The van der Waals surface area contributed by atoms with Crippen LogP contribution in [0.3, 0.4) is 0 Å². The molecule has 1 heterocycles. The van der Waals surface area contributed by atoms with E-state index in [4.69, 9.17) is 4.74 Å². The summed E-state index contributed by atoms with van der Waals surface area (Å²) in [5.41, 5.74) is 2.65. The normalized spacial score (nSPS) is 13.3. The smallest absolute Gasteiger partial charge is 0.316 e. The summed E-state index contributed by atoms with van der Waals surface area (Å²) in [6.45, 7) is 2.60. The first-order valence-electron chi connectivity index (χ1n) is 11.9. The van der Waals surface area contributed by atoms with Crippen LogP contribution in [-0.2, 0) is 9.53 Å². The minimum atomic E-state index is -0.382. The van der Waals surface area contributed by atoms with E-state index < -0.39 is 0 Å². The summed E-state index contributed by atoms with van der Waals surface area (Å²) in [6.07, 6.45) is 7.82. The molecule has 182 valence electrons. The Morgan fingerprint density at radius 1 is 1.14 bits per heavy atom. The third-order valence-electron chi connectivity index (χ3n) is 5.86. The van der Waals surface area contributed by atoms with Crippen LogP contribution in [0.15, 0.2) is 70.1 Å². The highest BCUT2D eigenvalue weighted by atomic mass is 32.2. The third-order valence-corrected chi connectivity index (χ3v) is 6.77. The molecule has 0 saturated carbocycles. The van der Waals surface area contributed by atoms with Crippen LogP contribution in [0.2, 0.25) is 0 Å². The summed E-state index contributed by atoms with van der Waals surface area (Å²) in [6, 6.07) is 14.1. The van der Waals surface area contributed by atoms with Crippen LogP contribution in [0.25, 0.3) is 16.6 Å². The largest absolute Gasteiger partial charge is 0.465 e. The molecule has 1 aliphatic rings. The lowest BCUT2D eigenvalue weighted by Crippen LogP contribution is -2.26. The number of amides is 1. The molecule has 0 atom stereocenters. The first kappa shape index (κ1) is 24.7. The summed E-state index contributed by atoms with van der Waals surface area (Å²) in [5.74, 6) is -0.556. The van der Waals surface area contributed by atoms with Gasteiger partial charge in [-0.1, -0.05) is 41.6 Å². The zero-order valence-electron chi connectivity index (χ0n) is 19.8. The predicted molar refractivity (Wildman–Crippen MR) is 138 cm³/mol. The van der Waals surface area contributed by atoms with Crippen LogP contribution in [0.5, 0.6) is 0 Å². The number of nitrogens with zero attached hydrogens (tertiary/aromatic N) is 2. The highest BCUT2D eigenvalue weighted by Crippen LogP contribution is 2.23. The lowest BCUT2D eigenvalue weighted by atomic mass is 9.97. The molecule has 3 aromatic rings. The molecule has 35 heavy (non-hydrogen) atoms. The number of rotatable bonds is 9. The molecule has 1 amide bonds. The molecular weight excluding hydrogens is 462 g/mol. The molecule has 1 N–H and O–H groups in total. The molecule has 1 aromatic heterocycles. The fourth-order valence-electron chi connectivity index (χ4n) is 4.10. The van der Waals surface area contributed by atoms with Gasteiger partial charge in [0, 0.05) is 12.1 Å². The van der Waals surface area contributed by atoms with E-state index in [9.17, 15) is 14.4 Å². The lowest BCUT2D eigenvalue weighted by Gasteiger charge is -2.14. The molecule has 0 saturated heterocycles. The van der Waals surface area contributed by atoms with E-state index in [2.05, 4.69) is 16.4 Å². The highest BCUT2D eigenvalue weighted by Gasteiger charge is 2.17. The van der Waals surface area contributed by atoms with Gasteiger partial charge in [-0.15, -0.1) is 0 Å². The van der Waals surface area contributed by atoms with Gasteiger partial charge >= 0.3 is 5.97 Å². The standard InChI is InChI=1S/C27H29N3O4S/c1-2-34-24(31)18-35-27-29-23-17-20(25(32)28-16-15-19-9-5-3-6-10-19)13-14-22(23)26(33)30(27)21-11-7-4-8-12-21/h4,7-9,11-14,17H,2-3,5-6,10,15-16,18H2,1H3,(H,28,32). The van der Waals surface area contributed by atoms with Gasteiger partial charge in [-0.3, -0.25) is 19.0 Å². The first-order chi connectivity index (χ1) is 17.1. The molecular formula is C27H29N3O4S. The van der Waals surface area contributed by atoms with Crippen molar-refractivity contribution in [3.05, 3.63) is 76.1 Å².